The van der Waals surface area contributed by atoms with Crippen molar-refractivity contribution in [2.45, 2.75) is 6.85 Å². The summed E-state index contributed by atoms with van der Waals surface area (Å²) < 4.78 is 21.6. The van der Waals surface area contributed by atoms with E-state index >= 15 is 0 Å². The van der Waals surface area contributed by atoms with Gasteiger partial charge in [0.15, 0.2) is 0 Å². The van der Waals surface area contributed by atoms with Gasteiger partial charge in [-0.1, -0.05) is 17.7 Å². The number of aromatic nitrogens is 3. The van der Waals surface area contributed by atoms with Gasteiger partial charge in [0.1, 0.15) is 0 Å². The van der Waals surface area contributed by atoms with Crippen molar-refractivity contribution in [1.29, 1.82) is 0 Å². The lowest BCUT2D eigenvalue weighted by Crippen LogP contribution is -1.97. The molecule has 0 aliphatic rings. The molecule has 2 rings (SSSR count). The number of nitrogens with zero attached hydrogens (tertiary/aromatic N) is 3. The monoisotopic (exact) mass is 162 g/mol. The van der Waals surface area contributed by atoms with Crippen LogP contribution in [0, 0.1) is 6.85 Å². The summed E-state index contributed by atoms with van der Waals surface area (Å²) in [6.45, 7) is -2.06. The molecule has 0 spiro atoms. The van der Waals surface area contributed by atoms with Crippen LogP contribution in [0.25, 0.3) is 5.69 Å². The molecule has 3 nitrogen and oxygen atoms in total. The van der Waals surface area contributed by atoms with Crippen LogP contribution in [-0.4, -0.2) is 15.0 Å². The van der Waals surface area contributed by atoms with E-state index in [9.17, 15) is 0 Å². The van der Waals surface area contributed by atoms with Crippen molar-refractivity contribution in [3.63, 3.8) is 0 Å². The van der Waals surface area contributed by atoms with Crippen LogP contribution in [0.5, 0.6) is 0 Å². The van der Waals surface area contributed by atoms with Crippen LogP contribution in [0.15, 0.2) is 36.7 Å². The third kappa shape index (κ3) is 1.21. The summed E-state index contributed by atoms with van der Waals surface area (Å²) >= 11 is 0. The van der Waals surface area contributed by atoms with Crippen LogP contribution in [0.4, 0.5) is 0 Å². The zero-order chi connectivity index (χ0) is 10.9. The Balaban J connectivity index is 2.33. The fourth-order valence-corrected chi connectivity index (χ4v) is 0.944. The summed E-state index contributed by atoms with van der Waals surface area (Å²) in [6, 6.07) is 6.49. The van der Waals surface area contributed by atoms with Gasteiger partial charge < -0.3 is 0 Å². The van der Waals surface area contributed by atoms with E-state index in [4.69, 9.17) is 4.11 Å². The number of aryl methyl sites for hydroxylation is 1. The maximum Gasteiger partial charge on any atom is 0.0856 e. The molecule has 0 saturated heterocycles. The van der Waals surface area contributed by atoms with E-state index in [1.807, 2.05) is 0 Å². The second-order valence-corrected chi connectivity index (χ2v) is 2.37. The highest BCUT2D eigenvalue weighted by atomic mass is 15.5. The van der Waals surface area contributed by atoms with E-state index in [0.29, 0.717) is 5.56 Å². The van der Waals surface area contributed by atoms with Crippen LogP contribution >= 0.6 is 0 Å². The molecule has 0 N–H and O–H groups in total. The SMILES string of the molecule is [2H]C([2H])([2H])c1ccc(-n2nccn2)cc1. The normalized spacial score (nSPS) is 14.8. The largest absolute Gasteiger partial charge is 0.157 e. The van der Waals surface area contributed by atoms with Crippen molar-refractivity contribution in [3.05, 3.63) is 42.2 Å². The number of hydrogen-bond donors (Lipinski definition) is 0. The molecule has 1 aromatic heterocycles. The Labute approximate surface area is 74.9 Å². The Morgan fingerprint density at radius 3 is 2.42 bits per heavy atom. The molecule has 1 aromatic carbocycles. The zero-order valence-electron chi connectivity index (χ0n) is 9.31. The topological polar surface area (TPSA) is 30.7 Å². The smallest absolute Gasteiger partial charge is 0.0856 e. The molecule has 0 saturated carbocycles. The first-order valence-corrected chi connectivity index (χ1v) is 3.54. The summed E-state index contributed by atoms with van der Waals surface area (Å²) in [6.07, 6.45) is 3.13. The zero-order valence-corrected chi connectivity index (χ0v) is 6.31. The van der Waals surface area contributed by atoms with Gasteiger partial charge in [-0.15, -0.1) is 0 Å². The summed E-state index contributed by atoms with van der Waals surface area (Å²) in [5.41, 5.74) is 1.06. The van der Waals surface area contributed by atoms with Crippen molar-refractivity contribution in [1.82, 2.24) is 15.0 Å². The van der Waals surface area contributed by atoms with E-state index in [1.165, 1.54) is 4.80 Å². The molecule has 60 valence electrons. The fourth-order valence-electron chi connectivity index (χ4n) is 0.944. The Hall–Kier alpha value is -1.64. The van der Waals surface area contributed by atoms with E-state index in [-0.39, 0.29) is 0 Å². The molecule has 0 bridgehead atoms. The van der Waals surface area contributed by atoms with Gasteiger partial charge in [-0.25, -0.2) is 0 Å². The lowest BCUT2D eigenvalue weighted by molar-refractivity contribution is 0.752. The molecule has 0 aliphatic carbocycles. The first kappa shape index (κ1) is 4.40. The molecule has 0 unspecified atom stereocenters. The Kier molecular flexibility index (Phi) is 1.02. The van der Waals surface area contributed by atoms with Gasteiger partial charge in [-0.05, 0) is 19.0 Å². The number of rotatable bonds is 1. The summed E-state index contributed by atoms with van der Waals surface area (Å²) in [5, 5.41) is 7.89. The predicted octanol–water partition coefficient (Wildman–Crippen LogP) is 1.58. The Morgan fingerprint density at radius 2 is 1.83 bits per heavy atom. The van der Waals surface area contributed by atoms with Gasteiger partial charge in [0.25, 0.3) is 0 Å². The third-order valence-corrected chi connectivity index (χ3v) is 1.52. The molecule has 3 heteroatoms. The van der Waals surface area contributed by atoms with Crippen molar-refractivity contribution in [3.8, 4) is 5.69 Å². The van der Waals surface area contributed by atoms with E-state index in [2.05, 4.69) is 10.2 Å². The van der Waals surface area contributed by atoms with Gasteiger partial charge in [0, 0.05) is 4.11 Å². The molecule has 0 fully saturated rings. The lowest BCUT2D eigenvalue weighted by Gasteiger charge is -1.98. The second kappa shape index (κ2) is 2.77. The highest BCUT2D eigenvalue weighted by Gasteiger charge is 1.94. The molecule has 1 heterocycles. The maximum absolute atomic E-state index is 7.21. The van der Waals surface area contributed by atoms with Crippen LogP contribution in [0.2, 0.25) is 0 Å². The maximum atomic E-state index is 7.21. The number of hydrogen-bond acceptors (Lipinski definition) is 2. The first-order chi connectivity index (χ1) is 7.07. The van der Waals surface area contributed by atoms with Crippen LogP contribution in [-0.2, 0) is 0 Å². The quantitative estimate of drug-likeness (QED) is 0.637. The first-order valence-electron chi connectivity index (χ1n) is 5.04. The minimum atomic E-state index is -2.06. The minimum Gasteiger partial charge on any atom is -0.157 e. The van der Waals surface area contributed by atoms with Crippen molar-refractivity contribution in [2.24, 2.45) is 0 Å². The number of benzene rings is 1. The molecule has 0 aliphatic heterocycles. The predicted molar refractivity (Wildman–Crippen MR) is 46.1 cm³/mol. The van der Waals surface area contributed by atoms with Crippen LogP contribution in [0.1, 0.15) is 9.68 Å². The van der Waals surface area contributed by atoms with Crippen molar-refractivity contribution < 1.29 is 4.11 Å². The standard InChI is InChI=1S/C9H9N3/c1-8-2-4-9(5-3-8)12-10-6-7-11-12/h2-7H,1H3/i1D3. The lowest BCUT2D eigenvalue weighted by atomic mass is 10.2. The van der Waals surface area contributed by atoms with Crippen LogP contribution < -0.4 is 0 Å². The van der Waals surface area contributed by atoms with Crippen LogP contribution in [0.3, 0.4) is 0 Å². The highest BCUT2D eigenvalue weighted by Crippen LogP contribution is 2.05. The second-order valence-electron chi connectivity index (χ2n) is 2.37. The van der Waals surface area contributed by atoms with Crippen molar-refractivity contribution >= 4 is 0 Å². The summed E-state index contributed by atoms with van der Waals surface area (Å²) in [7, 11) is 0. The van der Waals surface area contributed by atoms with E-state index in [0.717, 1.165) is 5.69 Å². The molecule has 2 aromatic rings. The fraction of sp³-hybridized carbons (Fsp3) is 0.111. The van der Waals surface area contributed by atoms with E-state index in [1.54, 1.807) is 36.7 Å². The summed E-state index contributed by atoms with van der Waals surface area (Å²) in [5.74, 6) is 0. The molecular formula is C9H9N3. The summed E-state index contributed by atoms with van der Waals surface area (Å²) in [4.78, 5) is 1.43. The van der Waals surface area contributed by atoms with Gasteiger partial charge in [-0.3, -0.25) is 0 Å². The molecule has 0 amide bonds. The average Bonchev–Trinajstić information content (AvgIpc) is 2.69. The van der Waals surface area contributed by atoms with Gasteiger partial charge in [-0.2, -0.15) is 15.0 Å². The van der Waals surface area contributed by atoms with Gasteiger partial charge >= 0.3 is 0 Å². The third-order valence-electron chi connectivity index (χ3n) is 1.52. The average molecular weight is 162 g/mol. The van der Waals surface area contributed by atoms with Gasteiger partial charge in [0.2, 0.25) is 0 Å². The highest BCUT2D eigenvalue weighted by molar-refractivity contribution is 5.31. The molecule has 0 atom stereocenters. The van der Waals surface area contributed by atoms with E-state index < -0.39 is 6.85 Å². The molecule has 0 radical (unpaired) electrons. The Morgan fingerprint density at radius 1 is 1.17 bits per heavy atom. The van der Waals surface area contributed by atoms with Gasteiger partial charge in [0.05, 0.1) is 18.1 Å². The van der Waals surface area contributed by atoms with Crippen molar-refractivity contribution in [2.75, 3.05) is 0 Å². The molecule has 12 heavy (non-hydrogen) atoms. The molecular weight excluding hydrogens is 150 g/mol. The minimum absolute atomic E-state index is 0.318. The Bertz CT molecular complexity index is 431.